The van der Waals surface area contributed by atoms with E-state index in [-0.39, 0.29) is 36.6 Å². The second-order valence-electron chi connectivity index (χ2n) is 7.54. The van der Waals surface area contributed by atoms with Crippen molar-refractivity contribution in [1.29, 1.82) is 0 Å². The van der Waals surface area contributed by atoms with Crippen LogP contribution in [0, 0.1) is 25.7 Å². The summed E-state index contributed by atoms with van der Waals surface area (Å²) in [5.41, 5.74) is 0.738. The van der Waals surface area contributed by atoms with Crippen molar-refractivity contribution in [3.05, 3.63) is 21.4 Å². The minimum absolute atomic E-state index is 0.00790. The van der Waals surface area contributed by atoms with Gasteiger partial charge in [-0.25, -0.2) is 0 Å². The molecule has 2 atom stereocenters. The van der Waals surface area contributed by atoms with E-state index in [1.165, 1.54) is 0 Å². The number of hydrogen-bond donors (Lipinski definition) is 1. The highest BCUT2D eigenvalue weighted by Crippen LogP contribution is 2.33. The Morgan fingerprint density at radius 1 is 1.19 bits per heavy atom. The normalized spacial score (nSPS) is 23.6. The summed E-state index contributed by atoms with van der Waals surface area (Å²) in [5.74, 6) is -0.978. The van der Waals surface area contributed by atoms with E-state index in [0.717, 1.165) is 28.2 Å². The number of carbonyl (C=O) groups is 3. The Bertz CT molecular complexity index is 720. The summed E-state index contributed by atoms with van der Waals surface area (Å²) in [7, 11) is 0. The predicted octanol–water partition coefficient (Wildman–Crippen LogP) is 3.06. The van der Waals surface area contributed by atoms with E-state index >= 15 is 0 Å². The van der Waals surface area contributed by atoms with Gasteiger partial charge in [-0.15, -0.1) is 11.3 Å². The number of Topliss-reactive ketones (excluding diaryl/α,β-unsaturated/α-hetero) is 1. The average Bonchev–Trinajstić information content (AvgIpc) is 3.26. The van der Waals surface area contributed by atoms with Crippen LogP contribution in [-0.4, -0.2) is 53.5 Å². The van der Waals surface area contributed by atoms with Crippen molar-refractivity contribution >= 4 is 29.0 Å². The van der Waals surface area contributed by atoms with Crippen LogP contribution >= 0.6 is 11.3 Å². The number of rotatable bonds is 6. The minimum Gasteiger partial charge on any atom is -0.481 e. The molecule has 2 fully saturated rings. The predicted molar refractivity (Wildman–Crippen MR) is 102 cm³/mol. The Morgan fingerprint density at radius 3 is 2.48 bits per heavy atom. The smallest absolute Gasteiger partial charge is 0.309 e. The van der Waals surface area contributed by atoms with Crippen molar-refractivity contribution in [2.24, 2.45) is 11.8 Å². The molecule has 0 radical (unpaired) electrons. The number of ether oxygens (including phenoxy) is 1. The highest BCUT2D eigenvalue weighted by molar-refractivity contribution is 7.12. The molecule has 0 aliphatic carbocycles. The number of likely N-dealkylation sites (tertiary alicyclic amines) is 1. The van der Waals surface area contributed by atoms with Crippen LogP contribution in [-0.2, 0) is 14.3 Å². The Morgan fingerprint density at radius 2 is 1.89 bits per heavy atom. The van der Waals surface area contributed by atoms with Crippen LogP contribution in [0.4, 0.5) is 0 Å². The highest BCUT2D eigenvalue weighted by atomic mass is 32.1. The number of carboxylic acids is 1. The number of aliphatic carboxylic acids is 1. The second-order valence-corrected chi connectivity index (χ2v) is 9.00. The molecule has 7 heteroatoms. The SMILES string of the molecule is Cc1cc(C(=O)CCC(=O)N2CCC([C@@H]3OCCC3C(=O)O)CC2)c(C)s1. The number of amides is 1. The van der Waals surface area contributed by atoms with Crippen molar-refractivity contribution in [3.63, 3.8) is 0 Å². The van der Waals surface area contributed by atoms with Crippen LogP contribution in [0.3, 0.4) is 0 Å². The lowest BCUT2D eigenvalue weighted by molar-refractivity contribution is -0.146. The molecule has 0 bridgehead atoms. The molecule has 0 saturated carbocycles. The second kappa shape index (κ2) is 8.52. The number of aryl methyl sites for hydroxylation is 2. The summed E-state index contributed by atoms with van der Waals surface area (Å²) < 4.78 is 5.68. The minimum atomic E-state index is -0.784. The summed E-state index contributed by atoms with van der Waals surface area (Å²) >= 11 is 1.60. The molecule has 148 valence electrons. The summed E-state index contributed by atoms with van der Waals surface area (Å²) in [6, 6.07) is 1.90. The fourth-order valence-electron chi connectivity index (χ4n) is 4.24. The Hall–Kier alpha value is -1.73. The maximum absolute atomic E-state index is 12.5. The van der Waals surface area contributed by atoms with E-state index in [4.69, 9.17) is 4.74 Å². The molecule has 27 heavy (non-hydrogen) atoms. The van der Waals surface area contributed by atoms with Crippen LogP contribution in [0.15, 0.2) is 6.07 Å². The summed E-state index contributed by atoms with van der Waals surface area (Å²) in [6.45, 7) is 5.64. The van der Waals surface area contributed by atoms with Gasteiger partial charge in [-0.05, 0) is 45.1 Å². The van der Waals surface area contributed by atoms with Gasteiger partial charge in [-0.3, -0.25) is 14.4 Å². The molecule has 3 rings (SSSR count). The van der Waals surface area contributed by atoms with Crippen LogP contribution in [0.1, 0.15) is 52.2 Å². The largest absolute Gasteiger partial charge is 0.481 e. The van der Waals surface area contributed by atoms with Crippen molar-refractivity contribution in [2.75, 3.05) is 19.7 Å². The first-order valence-electron chi connectivity index (χ1n) is 9.59. The van der Waals surface area contributed by atoms with Crippen molar-refractivity contribution in [2.45, 2.75) is 52.1 Å². The molecule has 0 aromatic carbocycles. The third-order valence-electron chi connectivity index (χ3n) is 5.72. The molecule has 1 unspecified atom stereocenters. The summed E-state index contributed by atoms with van der Waals surface area (Å²) in [5, 5.41) is 9.32. The van der Waals surface area contributed by atoms with Crippen molar-refractivity contribution < 1.29 is 24.2 Å². The summed E-state index contributed by atoms with van der Waals surface area (Å²) in [4.78, 5) is 40.1. The van der Waals surface area contributed by atoms with Crippen LogP contribution in [0.25, 0.3) is 0 Å². The van der Waals surface area contributed by atoms with E-state index in [9.17, 15) is 19.5 Å². The lowest BCUT2D eigenvalue weighted by atomic mass is 9.84. The van der Waals surface area contributed by atoms with Gasteiger partial charge in [0.25, 0.3) is 0 Å². The molecule has 2 aliphatic rings. The maximum atomic E-state index is 12.5. The molecule has 1 amide bonds. The molecule has 2 saturated heterocycles. The van der Waals surface area contributed by atoms with Crippen molar-refractivity contribution in [1.82, 2.24) is 4.90 Å². The van der Waals surface area contributed by atoms with Gasteiger partial charge in [0, 0.05) is 47.9 Å². The Balaban J connectivity index is 1.46. The Kier molecular flexibility index (Phi) is 6.32. The zero-order chi connectivity index (χ0) is 19.6. The maximum Gasteiger partial charge on any atom is 0.309 e. The molecule has 2 aliphatic heterocycles. The fourth-order valence-corrected chi connectivity index (χ4v) is 5.18. The lowest BCUT2D eigenvalue weighted by Gasteiger charge is -2.35. The van der Waals surface area contributed by atoms with Gasteiger partial charge in [0.2, 0.25) is 5.91 Å². The first-order chi connectivity index (χ1) is 12.9. The summed E-state index contributed by atoms with van der Waals surface area (Å²) in [6.07, 6.45) is 2.33. The van der Waals surface area contributed by atoms with Gasteiger partial charge in [0.1, 0.15) is 0 Å². The first kappa shape index (κ1) is 20.0. The van der Waals surface area contributed by atoms with E-state index in [2.05, 4.69) is 0 Å². The van der Waals surface area contributed by atoms with E-state index < -0.39 is 11.9 Å². The topological polar surface area (TPSA) is 83.9 Å². The fraction of sp³-hybridized carbons (Fsp3) is 0.650. The average molecular weight is 394 g/mol. The zero-order valence-electron chi connectivity index (χ0n) is 15.9. The van der Waals surface area contributed by atoms with Gasteiger partial charge in [-0.2, -0.15) is 0 Å². The molecular weight excluding hydrogens is 366 g/mol. The van der Waals surface area contributed by atoms with Gasteiger partial charge in [0.05, 0.1) is 12.0 Å². The monoisotopic (exact) mass is 393 g/mol. The van der Waals surface area contributed by atoms with Crippen LogP contribution in [0.2, 0.25) is 0 Å². The third kappa shape index (κ3) is 4.58. The molecule has 1 aromatic rings. The van der Waals surface area contributed by atoms with Crippen LogP contribution < -0.4 is 0 Å². The number of carboxylic acid groups (broad SMARTS) is 1. The molecule has 6 nitrogen and oxygen atoms in total. The third-order valence-corrected chi connectivity index (χ3v) is 6.68. The molecule has 1 aromatic heterocycles. The standard InChI is InChI=1S/C20H27NO5S/c1-12-11-16(13(2)27-12)17(22)3-4-18(23)21-8-5-14(6-9-21)19-15(20(24)25)7-10-26-19/h11,14-15,19H,3-10H2,1-2H3,(H,24,25)/t15?,19-/m0/s1. The quantitative estimate of drug-likeness (QED) is 0.751. The van der Waals surface area contributed by atoms with Crippen LogP contribution in [0.5, 0.6) is 0 Å². The van der Waals surface area contributed by atoms with E-state index in [1.807, 2.05) is 19.9 Å². The number of carbonyl (C=O) groups excluding carboxylic acids is 2. The van der Waals surface area contributed by atoms with Gasteiger partial charge < -0.3 is 14.7 Å². The molecule has 3 heterocycles. The number of ketones is 1. The first-order valence-corrected chi connectivity index (χ1v) is 10.4. The van der Waals surface area contributed by atoms with E-state index in [1.54, 1.807) is 16.2 Å². The number of thiophene rings is 1. The number of nitrogens with zero attached hydrogens (tertiary/aromatic N) is 1. The highest BCUT2D eigenvalue weighted by Gasteiger charge is 2.40. The molecule has 0 spiro atoms. The van der Waals surface area contributed by atoms with Gasteiger partial charge in [0.15, 0.2) is 5.78 Å². The van der Waals surface area contributed by atoms with Gasteiger partial charge >= 0.3 is 5.97 Å². The number of hydrogen-bond acceptors (Lipinski definition) is 5. The molecule has 1 N–H and O–H groups in total. The lowest BCUT2D eigenvalue weighted by Crippen LogP contribution is -2.43. The van der Waals surface area contributed by atoms with Crippen molar-refractivity contribution in [3.8, 4) is 0 Å². The van der Waals surface area contributed by atoms with E-state index in [0.29, 0.717) is 26.1 Å². The Labute approximate surface area is 163 Å². The number of piperidine rings is 1. The molecular formula is C20H27NO5S. The van der Waals surface area contributed by atoms with Gasteiger partial charge in [-0.1, -0.05) is 0 Å². The zero-order valence-corrected chi connectivity index (χ0v) is 16.7.